The fourth-order valence-electron chi connectivity index (χ4n) is 1.87. The van der Waals surface area contributed by atoms with Crippen LogP contribution in [0.5, 0.6) is 11.5 Å². The molecule has 0 saturated heterocycles. The van der Waals surface area contributed by atoms with Crippen LogP contribution in [-0.2, 0) is 4.79 Å². The molecule has 21 heavy (non-hydrogen) atoms. The number of amides is 1. The Kier molecular flexibility index (Phi) is 4.66. The first kappa shape index (κ1) is 14.7. The molecule has 2 aromatic rings. The van der Waals surface area contributed by atoms with Gasteiger partial charge < -0.3 is 20.5 Å². The number of methoxy groups -OCH3 is 1. The molecular weight excluding hydrogens is 268 g/mol. The molecule has 0 aliphatic heterocycles. The lowest BCUT2D eigenvalue weighted by molar-refractivity contribution is -0.118. The minimum absolute atomic E-state index is 0.117. The van der Waals surface area contributed by atoms with Crippen LogP contribution in [0.3, 0.4) is 0 Å². The second-order valence-electron chi connectivity index (χ2n) is 4.62. The molecule has 0 aliphatic carbocycles. The van der Waals surface area contributed by atoms with E-state index in [1.807, 2.05) is 31.2 Å². The zero-order chi connectivity index (χ0) is 15.2. The Balaban J connectivity index is 1.96. The van der Waals surface area contributed by atoms with E-state index in [9.17, 15) is 4.79 Å². The van der Waals surface area contributed by atoms with Crippen LogP contribution in [0.1, 0.15) is 5.56 Å². The molecule has 0 spiro atoms. The number of nitrogens with one attached hydrogen (secondary N) is 1. The van der Waals surface area contributed by atoms with Crippen LogP contribution in [0.4, 0.5) is 11.4 Å². The molecule has 0 saturated carbocycles. The van der Waals surface area contributed by atoms with Crippen molar-refractivity contribution < 1.29 is 14.3 Å². The highest BCUT2D eigenvalue weighted by atomic mass is 16.5. The maximum absolute atomic E-state index is 11.9. The van der Waals surface area contributed by atoms with Gasteiger partial charge in [-0.25, -0.2) is 0 Å². The molecule has 0 unspecified atom stereocenters. The summed E-state index contributed by atoms with van der Waals surface area (Å²) in [4.78, 5) is 11.9. The van der Waals surface area contributed by atoms with Crippen LogP contribution >= 0.6 is 0 Å². The average Bonchev–Trinajstić information content (AvgIpc) is 2.45. The lowest BCUT2D eigenvalue weighted by Crippen LogP contribution is -2.20. The van der Waals surface area contributed by atoms with Crippen molar-refractivity contribution in [2.45, 2.75) is 6.92 Å². The highest BCUT2D eigenvalue weighted by molar-refractivity contribution is 5.92. The van der Waals surface area contributed by atoms with Gasteiger partial charge >= 0.3 is 0 Å². The maximum Gasteiger partial charge on any atom is 0.262 e. The number of rotatable bonds is 5. The van der Waals surface area contributed by atoms with Gasteiger partial charge in [-0.3, -0.25) is 4.79 Å². The standard InChI is InChI=1S/C16H18N2O3/c1-11-4-3-5-13(8-11)18-16(19)10-21-15-9-12(17)6-7-14(15)20-2/h3-9H,10,17H2,1-2H3,(H,18,19). The van der Waals surface area contributed by atoms with Gasteiger partial charge in [-0.2, -0.15) is 0 Å². The lowest BCUT2D eigenvalue weighted by atomic mass is 10.2. The van der Waals surface area contributed by atoms with Gasteiger partial charge in [-0.05, 0) is 36.8 Å². The second-order valence-corrected chi connectivity index (χ2v) is 4.62. The predicted molar refractivity (Wildman–Crippen MR) is 82.7 cm³/mol. The fraction of sp³-hybridized carbons (Fsp3) is 0.188. The Morgan fingerprint density at radius 2 is 2.00 bits per heavy atom. The largest absolute Gasteiger partial charge is 0.493 e. The number of hydrogen-bond donors (Lipinski definition) is 2. The van der Waals surface area contributed by atoms with Crippen molar-refractivity contribution in [3.8, 4) is 11.5 Å². The SMILES string of the molecule is COc1ccc(N)cc1OCC(=O)Nc1cccc(C)c1. The molecule has 0 heterocycles. The molecule has 110 valence electrons. The number of nitrogens with two attached hydrogens (primary N) is 1. The molecule has 0 aliphatic rings. The zero-order valence-electron chi connectivity index (χ0n) is 12.1. The zero-order valence-corrected chi connectivity index (χ0v) is 12.1. The summed E-state index contributed by atoms with van der Waals surface area (Å²) < 4.78 is 10.6. The van der Waals surface area contributed by atoms with Crippen LogP contribution in [0.25, 0.3) is 0 Å². The van der Waals surface area contributed by atoms with Gasteiger partial charge in [0.25, 0.3) is 5.91 Å². The molecule has 0 atom stereocenters. The van der Waals surface area contributed by atoms with Gasteiger partial charge in [0.1, 0.15) is 0 Å². The number of aryl methyl sites for hydroxylation is 1. The minimum Gasteiger partial charge on any atom is -0.493 e. The monoisotopic (exact) mass is 286 g/mol. The Morgan fingerprint density at radius 1 is 1.19 bits per heavy atom. The number of ether oxygens (including phenoxy) is 2. The highest BCUT2D eigenvalue weighted by Gasteiger charge is 2.08. The minimum atomic E-state index is -0.245. The first-order chi connectivity index (χ1) is 10.1. The molecule has 0 aromatic heterocycles. The fourth-order valence-corrected chi connectivity index (χ4v) is 1.87. The van der Waals surface area contributed by atoms with E-state index < -0.39 is 0 Å². The molecule has 0 fully saturated rings. The number of nitrogen functional groups attached to an aromatic ring is 1. The van der Waals surface area contributed by atoms with Crippen molar-refractivity contribution in [3.05, 3.63) is 48.0 Å². The molecule has 2 rings (SSSR count). The van der Waals surface area contributed by atoms with Crippen LogP contribution < -0.4 is 20.5 Å². The lowest BCUT2D eigenvalue weighted by Gasteiger charge is -2.11. The summed E-state index contributed by atoms with van der Waals surface area (Å²) in [5.41, 5.74) is 8.05. The van der Waals surface area contributed by atoms with Gasteiger partial charge in [0.2, 0.25) is 0 Å². The van der Waals surface area contributed by atoms with E-state index in [4.69, 9.17) is 15.2 Å². The predicted octanol–water partition coefficient (Wildman–Crippen LogP) is 2.60. The first-order valence-electron chi connectivity index (χ1n) is 6.51. The van der Waals surface area contributed by atoms with Gasteiger partial charge in [0.05, 0.1) is 7.11 Å². The Morgan fingerprint density at radius 3 is 2.71 bits per heavy atom. The summed E-state index contributed by atoms with van der Waals surface area (Å²) in [5, 5.41) is 2.77. The normalized spacial score (nSPS) is 10.0. The topological polar surface area (TPSA) is 73.6 Å². The number of benzene rings is 2. The van der Waals surface area contributed by atoms with Gasteiger partial charge in [0.15, 0.2) is 18.1 Å². The molecule has 5 nitrogen and oxygen atoms in total. The van der Waals surface area contributed by atoms with E-state index in [1.54, 1.807) is 18.2 Å². The van der Waals surface area contributed by atoms with Crippen molar-refractivity contribution >= 4 is 17.3 Å². The van der Waals surface area contributed by atoms with Crippen LogP contribution in [-0.4, -0.2) is 19.6 Å². The number of hydrogen-bond acceptors (Lipinski definition) is 4. The molecule has 5 heteroatoms. The van der Waals surface area contributed by atoms with E-state index >= 15 is 0 Å². The smallest absolute Gasteiger partial charge is 0.262 e. The summed E-state index contributed by atoms with van der Waals surface area (Å²) in [5.74, 6) is 0.731. The summed E-state index contributed by atoms with van der Waals surface area (Å²) in [7, 11) is 1.53. The summed E-state index contributed by atoms with van der Waals surface area (Å²) in [6.45, 7) is 1.84. The molecule has 1 amide bonds. The first-order valence-corrected chi connectivity index (χ1v) is 6.51. The van der Waals surface area contributed by atoms with Crippen molar-refractivity contribution in [2.24, 2.45) is 0 Å². The quantitative estimate of drug-likeness (QED) is 0.829. The van der Waals surface area contributed by atoms with Crippen molar-refractivity contribution in [1.82, 2.24) is 0 Å². The summed E-state index contributed by atoms with van der Waals surface area (Å²) in [6.07, 6.45) is 0. The summed E-state index contributed by atoms with van der Waals surface area (Å²) in [6, 6.07) is 12.6. The van der Waals surface area contributed by atoms with Crippen LogP contribution in [0, 0.1) is 6.92 Å². The highest BCUT2D eigenvalue weighted by Crippen LogP contribution is 2.28. The third-order valence-electron chi connectivity index (χ3n) is 2.85. The third kappa shape index (κ3) is 4.14. The van der Waals surface area contributed by atoms with Crippen LogP contribution in [0.15, 0.2) is 42.5 Å². The maximum atomic E-state index is 11.9. The van der Waals surface area contributed by atoms with Crippen LogP contribution in [0.2, 0.25) is 0 Å². The van der Waals surface area contributed by atoms with E-state index in [2.05, 4.69) is 5.32 Å². The number of carbonyl (C=O) groups is 1. The van der Waals surface area contributed by atoms with E-state index in [1.165, 1.54) is 7.11 Å². The Labute approximate surface area is 123 Å². The van der Waals surface area contributed by atoms with Gasteiger partial charge in [-0.1, -0.05) is 12.1 Å². The Hall–Kier alpha value is -2.69. The molecule has 0 bridgehead atoms. The number of anilines is 2. The second kappa shape index (κ2) is 6.65. The van der Waals surface area contributed by atoms with Gasteiger partial charge in [0, 0.05) is 17.4 Å². The Bertz CT molecular complexity index is 641. The van der Waals surface area contributed by atoms with E-state index in [0.717, 1.165) is 11.3 Å². The van der Waals surface area contributed by atoms with E-state index in [0.29, 0.717) is 17.2 Å². The van der Waals surface area contributed by atoms with Crippen molar-refractivity contribution in [1.29, 1.82) is 0 Å². The molecular formula is C16H18N2O3. The molecule has 2 aromatic carbocycles. The van der Waals surface area contributed by atoms with Crippen molar-refractivity contribution in [2.75, 3.05) is 24.8 Å². The number of carbonyl (C=O) groups excluding carboxylic acids is 1. The van der Waals surface area contributed by atoms with E-state index in [-0.39, 0.29) is 12.5 Å². The van der Waals surface area contributed by atoms with Crippen molar-refractivity contribution in [3.63, 3.8) is 0 Å². The third-order valence-corrected chi connectivity index (χ3v) is 2.85. The summed E-state index contributed by atoms with van der Waals surface area (Å²) >= 11 is 0. The average molecular weight is 286 g/mol. The molecule has 0 radical (unpaired) electrons. The van der Waals surface area contributed by atoms with Gasteiger partial charge in [-0.15, -0.1) is 0 Å². The molecule has 3 N–H and O–H groups in total.